The number of nitrogens with one attached hydrogen (secondary N) is 1. The summed E-state index contributed by atoms with van der Waals surface area (Å²) in [6.45, 7) is 1.95. The summed E-state index contributed by atoms with van der Waals surface area (Å²) >= 11 is 0. The summed E-state index contributed by atoms with van der Waals surface area (Å²) in [4.78, 5) is 45.7. The third kappa shape index (κ3) is 4.09. The van der Waals surface area contributed by atoms with Gasteiger partial charge in [-0.15, -0.1) is 0 Å². The summed E-state index contributed by atoms with van der Waals surface area (Å²) < 4.78 is 11.0. The second kappa shape index (κ2) is 9.87. The molecule has 6 rings (SSSR count). The first-order valence-electron chi connectivity index (χ1n) is 12.8. The number of hydrogen-bond donors (Lipinski definition) is 1. The molecule has 0 radical (unpaired) electrons. The van der Waals surface area contributed by atoms with Gasteiger partial charge in [0.25, 0.3) is 0 Å². The van der Waals surface area contributed by atoms with Crippen LogP contribution in [0.5, 0.6) is 5.75 Å². The highest BCUT2D eigenvalue weighted by molar-refractivity contribution is 6.15. The normalized spacial score (nSPS) is 20.0. The molecule has 2 amide bonds. The number of carbonyl (C=O) groups excluding carboxylic acids is 3. The standard InChI is InChI=1S/C31H27N3O5/c1-18(31(37)38-2)33-29(35)28-25(26-22-11-6-7-13-23(22)34(28)30(26)36)20-14-15-24(27-21(20)12-8-16-32-27)39-17-19-9-4-3-5-10-19/h3-16,18,25-26,28H,17H2,1-2H3,(H,33,35)/t18-,25?,26?,28?/m0/s1. The minimum absolute atomic E-state index is 0.131. The van der Waals surface area contributed by atoms with Crippen molar-refractivity contribution >= 4 is 34.4 Å². The Kier molecular flexibility index (Phi) is 6.23. The van der Waals surface area contributed by atoms with E-state index in [-0.39, 0.29) is 5.91 Å². The number of methoxy groups -OCH3 is 1. The molecular weight excluding hydrogens is 494 g/mol. The van der Waals surface area contributed by atoms with E-state index in [1.807, 2.05) is 78.9 Å². The molecule has 3 aromatic carbocycles. The van der Waals surface area contributed by atoms with Gasteiger partial charge in [0.2, 0.25) is 11.8 Å². The van der Waals surface area contributed by atoms with Crippen molar-refractivity contribution in [3.63, 3.8) is 0 Å². The van der Waals surface area contributed by atoms with Crippen LogP contribution in [0, 0.1) is 0 Å². The number of ether oxygens (including phenoxy) is 2. The molecule has 3 heterocycles. The van der Waals surface area contributed by atoms with E-state index in [9.17, 15) is 14.4 Å². The second-order valence-corrected chi connectivity index (χ2v) is 9.80. The Morgan fingerprint density at radius 2 is 1.74 bits per heavy atom. The molecule has 0 aliphatic carbocycles. The number of rotatable bonds is 7. The Morgan fingerprint density at radius 1 is 0.974 bits per heavy atom. The van der Waals surface area contributed by atoms with Gasteiger partial charge in [-0.25, -0.2) is 4.79 Å². The Bertz CT molecular complexity index is 1590. The number of benzene rings is 3. The zero-order valence-electron chi connectivity index (χ0n) is 21.5. The summed E-state index contributed by atoms with van der Waals surface area (Å²) in [7, 11) is 1.27. The lowest BCUT2D eigenvalue weighted by Crippen LogP contribution is -2.51. The molecule has 0 spiro atoms. The number of nitrogens with zero attached hydrogens (tertiary/aromatic N) is 2. The Labute approximate surface area is 225 Å². The lowest BCUT2D eigenvalue weighted by Gasteiger charge is -2.33. The lowest BCUT2D eigenvalue weighted by molar-refractivity contribution is -0.144. The molecule has 0 saturated carbocycles. The summed E-state index contributed by atoms with van der Waals surface area (Å²) in [6, 6.07) is 23.3. The first kappa shape index (κ1) is 24.6. The van der Waals surface area contributed by atoms with E-state index < -0.39 is 35.8 Å². The first-order chi connectivity index (χ1) is 19.0. The topological polar surface area (TPSA) is 97.8 Å². The molecule has 1 N–H and O–H groups in total. The van der Waals surface area contributed by atoms with Crippen molar-refractivity contribution < 1.29 is 23.9 Å². The number of anilines is 1. The predicted molar refractivity (Wildman–Crippen MR) is 145 cm³/mol. The molecule has 4 atom stereocenters. The molecule has 1 fully saturated rings. The number of carbonyl (C=O) groups is 3. The number of esters is 1. The van der Waals surface area contributed by atoms with Crippen molar-refractivity contribution in [3.05, 3.63) is 102 Å². The molecule has 2 aliphatic rings. The van der Waals surface area contributed by atoms with Crippen molar-refractivity contribution in [2.75, 3.05) is 12.0 Å². The second-order valence-electron chi connectivity index (χ2n) is 9.80. The lowest BCUT2D eigenvalue weighted by atomic mass is 9.76. The highest BCUT2D eigenvalue weighted by Gasteiger charge is 2.59. The highest BCUT2D eigenvalue weighted by Crippen LogP contribution is 2.56. The summed E-state index contributed by atoms with van der Waals surface area (Å²) in [5.74, 6) is -1.51. The van der Waals surface area contributed by atoms with Gasteiger partial charge >= 0.3 is 5.97 Å². The molecule has 8 nitrogen and oxygen atoms in total. The van der Waals surface area contributed by atoms with Gasteiger partial charge in [-0.2, -0.15) is 0 Å². The highest BCUT2D eigenvalue weighted by atomic mass is 16.5. The molecule has 2 aliphatic heterocycles. The fourth-order valence-electron chi connectivity index (χ4n) is 5.82. The van der Waals surface area contributed by atoms with Gasteiger partial charge in [0.05, 0.1) is 13.0 Å². The number of pyridine rings is 1. The van der Waals surface area contributed by atoms with E-state index in [4.69, 9.17) is 9.47 Å². The molecular formula is C31H27N3O5. The van der Waals surface area contributed by atoms with Crippen molar-refractivity contribution in [2.24, 2.45) is 0 Å². The van der Waals surface area contributed by atoms with E-state index in [2.05, 4.69) is 10.3 Å². The maximum Gasteiger partial charge on any atom is 0.328 e. The van der Waals surface area contributed by atoms with E-state index >= 15 is 0 Å². The van der Waals surface area contributed by atoms with E-state index in [1.54, 1.807) is 18.0 Å². The minimum atomic E-state index is -0.860. The zero-order chi connectivity index (χ0) is 27.1. The van der Waals surface area contributed by atoms with Gasteiger partial charge in [-0.05, 0) is 41.8 Å². The van der Waals surface area contributed by atoms with Crippen molar-refractivity contribution in [2.45, 2.75) is 37.5 Å². The van der Waals surface area contributed by atoms with Crippen LogP contribution >= 0.6 is 0 Å². The van der Waals surface area contributed by atoms with Gasteiger partial charge in [-0.1, -0.05) is 60.7 Å². The third-order valence-electron chi connectivity index (χ3n) is 7.56. The van der Waals surface area contributed by atoms with Crippen LogP contribution in [0.1, 0.15) is 35.4 Å². The van der Waals surface area contributed by atoms with Crippen LogP contribution in [0.15, 0.2) is 85.1 Å². The van der Waals surface area contributed by atoms with Gasteiger partial charge in [-0.3, -0.25) is 19.5 Å². The number of amides is 2. The Balaban J connectivity index is 1.43. The molecule has 4 aromatic rings. The van der Waals surface area contributed by atoms with E-state index in [1.165, 1.54) is 7.11 Å². The maximum absolute atomic E-state index is 13.7. The number of hydrogen-bond acceptors (Lipinski definition) is 6. The van der Waals surface area contributed by atoms with Gasteiger partial charge in [0.15, 0.2) is 0 Å². The molecule has 1 saturated heterocycles. The monoisotopic (exact) mass is 521 g/mol. The summed E-state index contributed by atoms with van der Waals surface area (Å²) in [6.07, 6.45) is 1.70. The molecule has 1 aromatic heterocycles. The molecule has 2 bridgehead atoms. The van der Waals surface area contributed by atoms with Crippen molar-refractivity contribution in [1.29, 1.82) is 0 Å². The van der Waals surface area contributed by atoms with E-state index in [0.29, 0.717) is 17.9 Å². The number of fused-ring (bicyclic) bond motifs is 6. The van der Waals surface area contributed by atoms with Crippen LogP contribution in [0.2, 0.25) is 0 Å². The van der Waals surface area contributed by atoms with Gasteiger partial charge < -0.3 is 14.8 Å². The summed E-state index contributed by atoms with van der Waals surface area (Å²) in [5.41, 5.74) is 4.13. The molecule has 196 valence electrons. The van der Waals surface area contributed by atoms with E-state index in [0.717, 1.165) is 27.8 Å². The maximum atomic E-state index is 13.7. The van der Waals surface area contributed by atoms with Crippen LogP contribution < -0.4 is 15.0 Å². The fourth-order valence-corrected chi connectivity index (χ4v) is 5.82. The van der Waals surface area contributed by atoms with Crippen LogP contribution in [-0.4, -0.2) is 42.0 Å². The zero-order valence-corrected chi connectivity index (χ0v) is 21.5. The smallest absolute Gasteiger partial charge is 0.328 e. The number of aromatic nitrogens is 1. The van der Waals surface area contributed by atoms with Crippen LogP contribution in [-0.2, 0) is 25.7 Å². The van der Waals surface area contributed by atoms with Crippen LogP contribution in [0.25, 0.3) is 10.9 Å². The van der Waals surface area contributed by atoms with Crippen LogP contribution in [0.3, 0.4) is 0 Å². The SMILES string of the molecule is COC(=O)[C@H](C)NC(=O)C1C(c2ccc(OCc3ccccc3)c3ncccc23)C2C(=O)N1c1ccccc12. The summed E-state index contributed by atoms with van der Waals surface area (Å²) in [5, 5.41) is 3.57. The third-order valence-corrected chi connectivity index (χ3v) is 7.56. The number of para-hydroxylation sites is 1. The Hall–Kier alpha value is -4.72. The average molecular weight is 522 g/mol. The quantitative estimate of drug-likeness (QED) is 0.368. The van der Waals surface area contributed by atoms with Crippen LogP contribution in [0.4, 0.5) is 5.69 Å². The largest absolute Gasteiger partial charge is 0.487 e. The van der Waals surface area contributed by atoms with Crippen molar-refractivity contribution in [3.8, 4) is 5.75 Å². The van der Waals surface area contributed by atoms with Crippen molar-refractivity contribution in [1.82, 2.24) is 10.3 Å². The molecule has 8 heteroatoms. The fraction of sp³-hybridized carbons (Fsp3) is 0.226. The molecule has 3 unspecified atom stereocenters. The molecule has 39 heavy (non-hydrogen) atoms. The van der Waals surface area contributed by atoms with Gasteiger partial charge in [0, 0.05) is 23.2 Å². The van der Waals surface area contributed by atoms with Gasteiger partial charge in [0.1, 0.15) is 30.0 Å². The first-order valence-corrected chi connectivity index (χ1v) is 12.8. The minimum Gasteiger partial charge on any atom is -0.487 e. The Morgan fingerprint density at radius 3 is 2.54 bits per heavy atom. The average Bonchev–Trinajstić information content (AvgIpc) is 3.43. The predicted octanol–water partition coefficient (Wildman–Crippen LogP) is 4.09.